The average molecular weight is 108 g/mol. The summed E-state index contributed by atoms with van der Waals surface area (Å²) < 4.78 is 0. The van der Waals surface area contributed by atoms with Crippen LogP contribution in [-0.2, 0) is 0 Å². The third-order valence-corrected chi connectivity index (χ3v) is 0.511. The average Bonchev–Trinajstić information content (AvgIpc) is 1.83. The van der Waals surface area contributed by atoms with Crippen molar-refractivity contribution in [1.82, 2.24) is 0 Å². The lowest BCUT2D eigenvalue weighted by molar-refractivity contribution is 1.29. The van der Waals surface area contributed by atoms with Crippen LogP contribution in [0.4, 0.5) is 0 Å². The number of allylic oxidation sites excluding steroid dienone is 1. The molecule has 0 aliphatic carbocycles. The molecule has 0 N–H and O–H groups in total. The number of hydrogen-bond acceptors (Lipinski definition) is 2. The van der Waals surface area contributed by atoms with Crippen molar-refractivity contribution in [3.63, 3.8) is 0 Å². The van der Waals surface area contributed by atoms with Crippen LogP contribution in [0.2, 0.25) is 0 Å². The van der Waals surface area contributed by atoms with Crippen LogP contribution in [-0.4, -0.2) is 12.9 Å². The van der Waals surface area contributed by atoms with E-state index in [1.54, 1.807) is 6.08 Å². The highest BCUT2D eigenvalue weighted by Gasteiger charge is 1.72. The molecule has 0 rings (SSSR count). The quantitative estimate of drug-likeness (QED) is 0.488. The van der Waals surface area contributed by atoms with Crippen LogP contribution in [0.5, 0.6) is 0 Å². The highest BCUT2D eigenvalue weighted by Crippen LogP contribution is 1.88. The molecule has 0 aromatic carbocycles. The molecular formula is C6H8N2. The molecule has 0 fully saturated rings. The number of hydrogen-bond donors (Lipinski definition) is 0. The first-order chi connectivity index (χ1) is 3.81. The summed E-state index contributed by atoms with van der Waals surface area (Å²) in [6.45, 7) is 10.1. The molecule has 0 aromatic rings. The maximum atomic E-state index is 3.69. The van der Waals surface area contributed by atoms with Crippen LogP contribution < -0.4 is 0 Å². The van der Waals surface area contributed by atoms with Crippen molar-refractivity contribution >= 4 is 12.9 Å². The molecule has 0 saturated heterocycles. The summed E-state index contributed by atoms with van der Waals surface area (Å²) in [4.78, 5) is 7.13. The summed E-state index contributed by atoms with van der Waals surface area (Å²) in [6, 6.07) is 0. The summed E-state index contributed by atoms with van der Waals surface area (Å²) in [5, 5.41) is 0. The van der Waals surface area contributed by atoms with Gasteiger partial charge in [0.2, 0.25) is 0 Å². The van der Waals surface area contributed by atoms with Crippen molar-refractivity contribution in [2.24, 2.45) is 9.98 Å². The Hall–Kier alpha value is -1.18. The van der Waals surface area contributed by atoms with Crippen molar-refractivity contribution in [1.29, 1.82) is 0 Å². The zero-order valence-electron chi connectivity index (χ0n) is 4.67. The molecule has 0 atom stereocenters. The summed E-state index contributed by atoms with van der Waals surface area (Å²) >= 11 is 0. The molecule has 0 bridgehead atoms. The van der Waals surface area contributed by atoms with E-state index in [4.69, 9.17) is 0 Å². The monoisotopic (exact) mass is 108 g/mol. The summed E-state index contributed by atoms with van der Waals surface area (Å²) in [5.74, 6) is 0.407. The van der Waals surface area contributed by atoms with Crippen LogP contribution in [0, 0.1) is 0 Å². The topological polar surface area (TPSA) is 24.7 Å². The largest absolute Gasteiger partial charge is 0.246 e. The number of aliphatic imine (C=N–C) groups is 2. The summed E-state index contributed by atoms with van der Waals surface area (Å²) in [7, 11) is 0. The molecule has 42 valence electrons. The van der Waals surface area contributed by atoms with E-state index >= 15 is 0 Å². The first-order valence-electron chi connectivity index (χ1n) is 2.12. The van der Waals surface area contributed by atoms with Gasteiger partial charge in [-0.05, 0) is 6.72 Å². The van der Waals surface area contributed by atoms with Crippen molar-refractivity contribution in [2.45, 2.75) is 0 Å². The minimum atomic E-state index is 0.407. The summed E-state index contributed by atoms with van der Waals surface area (Å²) in [5.41, 5.74) is 0. The molecular weight excluding hydrogens is 100 g/mol. The van der Waals surface area contributed by atoms with Gasteiger partial charge in [0.25, 0.3) is 0 Å². The highest BCUT2D eigenvalue weighted by atomic mass is 14.9. The predicted octanol–water partition coefficient (Wildman–Crippen LogP) is 1.41. The number of nitrogens with zero attached hydrogens (tertiary/aromatic N) is 2. The lowest BCUT2D eigenvalue weighted by Crippen LogP contribution is -1.66. The third-order valence-electron chi connectivity index (χ3n) is 0.511. The standard InChI is InChI=1S/C6H8N2/c1-4-5-8-6(2)7-3/h4-5H,1-3H2. The highest BCUT2D eigenvalue weighted by molar-refractivity contribution is 5.71. The van der Waals surface area contributed by atoms with Gasteiger partial charge in [0, 0.05) is 6.21 Å². The maximum absolute atomic E-state index is 3.69. The fourth-order valence-electron chi connectivity index (χ4n) is 0.180. The molecule has 2 heteroatoms. The van der Waals surface area contributed by atoms with Gasteiger partial charge >= 0.3 is 0 Å². The molecule has 0 spiro atoms. The van der Waals surface area contributed by atoms with Gasteiger partial charge in [-0.25, -0.2) is 9.98 Å². The van der Waals surface area contributed by atoms with E-state index in [1.807, 2.05) is 0 Å². The van der Waals surface area contributed by atoms with E-state index in [9.17, 15) is 0 Å². The Labute approximate surface area is 49.0 Å². The first kappa shape index (κ1) is 6.82. The second-order valence-corrected chi connectivity index (χ2v) is 1.09. The van der Waals surface area contributed by atoms with Gasteiger partial charge in [-0.2, -0.15) is 0 Å². The lowest BCUT2D eigenvalue weighted by atomic mass is 10.7. The van der Waals surface area contributed by atoms with Gasteiger partial charge in [-0.1, -0.05) is 19.2 Å². The van der Waals surface area contributed by atoms with Crippen LogP contribution in [0.1, 0.15) is 0 Å². The Bertz CT molecular complexity index is 133. The van der Waals surface area contributed by atoms with Gasteiger partial charge in [0.15, 0.2) is 0 Å². The maximum Gasteiger partial charge on any atom is 0.143 e. The van der Waals surface area contributed by atoms with Crippen molar-refractivity contribution in [3.05, 3.63) is 25.1 Å². The van der Waals surface area contributed by atoms with Crippen LogP contribution in [0.15, 0.2) is 35.0 Å². The Balaban J connectivity index is 3.69. The van der Waals surface area contributed by atoms with E-state index in [0.717, 1.165) is 0 Å². The Kier molecular flexibility index (Phi) is 3.40. The third kappa shape index (κ3) is 3.03. The molecule has 2 nitrogen and oxygen atoms in total. The second kappa shape index (κ2) is 3.99. The molecule has 0 aliphatic heterocycles. The molecule has 0 unspecified atom stereocenters. The Morgan fingerprint density at radius 2 is 2.12 bits per heavy atom. The lowest BCUT2D eigenvalue weighted by Gasteiger charge is -1.80. The minimum Gasteiger partial charge on any atom is -0.246 e. The molecule has 0 aliphatic rings. The number of rotatable bonds is 3. The van der Waals surface area contributed by atoms with Crippen LogP contribution in [0.3, 0.4) is 0 Å². The molecule has 0 heterocycles. The first-order valence-corrected chi connectivity index (χ1v) is 2.12. The van der Waals surface area contributed by atoms with E-state index in [0.29, 0.717) is 5.82 Å². The molecule has 0 aromatic heterocycles. The van der Waals surface area contributed by atoms with Gasteiger partial charge in [-0.15, -0.1) is 0 Å². The van der Waals surface area contributed by atoms with E-state index < -0.39 is 0 Å². The SMILES string of the molecule is C=CC=NC(=C)N=C. The Morgan fingerprint density at radius 1 is 1.50 bits per heavy atom. The summed E-state index contributed by atoms with van der Waals surface area (Å²) in [6.07, 6.45) is 3.06. The van der Waals surface area contributed by atoms with Gasteiger partial charge < -0.3 is 0 Å². The second-order valence-electron chi connectivity index (χ2n) is 1.09. The van der Waals surface area contributed by atoms with E-state index in [1.165, 1.54) is 6.21 Å². The fourth-order valence-corrected chi connectivity index (χ4v) is 0.180. The zero-order chi connectivity index (χ0) is 6.41. The molecule has 0 saturated carbocycles. The molecule has 8 heavy (non-hydrogen) atoms. The zero-order valence-corrected chi connectivity index (χ0v) is 4.67. The van der Waals surface area contributed by atoms with Gasteiger partial charge in [-0.3, -0.25) is 0 Å². The van der Waals surface area contributed by atoms with E-state index in [2.05, 4.69) is 29.9 Å². The van der Waals surface area contributed by atoms with Crippen molar-refractivity contribution in [2.75, 3.05) is 0 Å². The van der Waals surface area contributed by atoms with Crippen molar-refractivity contribution in [3.8, 4) is 0 Å². The normalized spacial score (nSPS) is 9.00. The fraction of sp³-hybridized carbons (Fsp3) is 0. The smallest absolute Gasteiger partial charge is 0.143 e. The predicted molar refractivity (Wildman–Crippen MR) is 37.4 cm³/mol. The van der Waals surface area contributed by atoms with Crippen LogP contribution >= 0.6 is 0 Å². The van der Waals surface area contributed by atoms with Gasteiger partial charge in [0.05, 0.1) is 0 Å². The van der Waals surface area contributed by atoms with Gasteiger partial charge in [0.1, 0.15) is 5.82 Å². The minimum absolute atomic E-state index is 0.407. The molecule has 0 radical (unpaired) electrons. The van der Waals surface area contributed by atoms with E-state index in [-0.39, 0.29) is 0 Å². The Morgan fingerprint density at radius 3 is 2.50 bits per heavy atom. The van der Waals surface area contributed by atoms with Crippen molar-refractivity contribution < 1.29 is 0 Å². The molecule has 0 amide bonds. The van der Waals surface area contributed by atoms with Crippen LogP contribution in [0.25, 0.3) is 0 Å².